The Bertz CT molecular complexity index is 461. The van der Waals surface area contributed by atoms with Gasteiger partial charge in [0.2, 0.25) is 0 Å². The van der Waals surface area contributed by atoms with Crippen molar-refractivity contribution in [2.45, 2.75) is 44.8 Å². The van der Waals surface area contributed by atoms with Crippen LogP contribution in [0.25, 0.3) is 0 Å². The number of nitrogens with one attached hydrogen (secondary N) is 1. The highest BCUT2D eigenvalue weighted by atomic mass is 32.2. The topological polar surface area (TPSA) is 71.0 Å². The first-order chi connectivity index (χ1) is 10.3. The maximum absolute atomic E-state index is 12.1. The van der Waals surface area contributed by atoms with Gasteiger partial charge in [-0.3, -0.25) is 4.99 Å². The number of methoxy groups -OCH3 is 1. The van der Waals surface area contributed by atoms with Crippen LogP contribution >= 0.6 is 0 Å². The summed E-state index contributed by atoms with van der Waals surface area (Å²) in [6.07, 6.45) is 3.17. The van der Waals surface area contributed by atoms with E-state index >= 15 is 0 Å². The molecule has 1 rings (SSSR count). The number of guanidine groups is 1. The molecule has 1 fully saturated rings. The lowest BCUT2D eigenvalue weighted by atomic mass is 10.2. The Labute approximate surface area is 135 Å². The standard InChI is InChI=1S/C15H31N3O3S/c1-5-16-14(17-9-7-6-8-11-21-4)18-10-12-22(19,20)15(2,3)13-18/h5-13H2,1-4H3,(H,16,17). The van der Waals surface area contributed by atoms with E-state index < -0.39 is 14.6 Å². The molecule has 1 saturated heterocycles. The zero-order chi connectivity index (χ0) is 16.6. The van der Waals surface area contributed by atoms with Crippen molar-refractivity contribution in [2.24, 2.45) is 4.99 Å². The monoisotopic (exact) mass is 333 g/mol. The van der Waals surface area contributed by atoms with Crippen molar-refractivity contribution < 1.29 is 13.2 Å². The van der Waals surface area contributed by atoms with Crippen molar-refractivity contribution in [3.8, 4) is 0 Å². The molecule has 0 bridgehead atoms. The molecule has 0 aliphatic carbocycles. The minimum absolute atomic E-state index is 0.193. The predicted octanol–water partition coefficient (Wildman–Crippen LogP) is 1.28. The Hall–Kier alpha value is -0.820. The Morgan fingerprint density at radius 2 is 2.05 bits per heavy atom. The minimum atomic E-state index is -3.02. The fraction of sp³-hybridized carbons (Fsp3) is 0.933. The number of aliphatic imine (C=N–C) groups is 1. The molecule has 1 aliphatic rings. The van der Waals surface area contributed by atoms with Crippen LogP contribution in [0.15, 0.2) is 4.99 Å². The van der Waals surface area contributed by atoms with E-state index in [1.54, 1.807) is 21.0 Å². The summed E-state index contributed by atoms with van der Waals surface area (Å²) in [6.45, 7) is 8.96. The first-order valence-electron chi connectivity index (χ1n) is 8.08. The molecule has 22 heavy (non-hydrogen) atoms. The first kappa shape index (κ1) is 19.2. The molecule has 0 unspecified atom stereocenters. The van der Waals surface area contributed by atoms with Crippen LogP contribution in [0, 0.1) is 0 Å². The van der Waals surface area contributed by atoms with Crippen molar-refractivity contribution in [1.82, 2.24) is 10.2 Å². The van der Waals surface area contributed by atoms with Gasteiger partial charge in [0, 0.05) is 39.9 Å². The summed E-state index contributed by atoms with van der Waals surface area (Å²) in [5.74, 6) is 1.02. The molecule has 1 N–H and O–H groups in total. The maximum atomic E-state index is 12.1. The summed E-state index contributed by atoms with van der Waals surface area (Å²) in [4.78, 5) is 6.71. The summed E-state index contributed by atoms with van der Waals surface area (Å²) in [6, 6.07) is 0. The molecule has 0 radical (unpaired) electrons. The highest BCUT2D eigenvalue weighted by Crippen LogP contribution is 2.23. The second-order valence-corrected chi connectivity index (χ2v) is 9.03. The smallest absolute Gasteiger partial charge is 0.193 e. The number of hydrogen-bond donors (Lipinski definition) is 1. The minimum Gasteiger partial charge on any atom is -0.385 e. The Morgan fingerprint density at radius 1 is 1.32 bits per heavy atom. The SMILES string of the molecule is CCNC(=NCCCCCOC)N1CCS(=O)(=O)C(C)(C)C1. The van der Waals surface area contributed by atoms with E-state index in [2.05, 4.69) is 15.2 Å². The number of rotatable bonds is 7. The Balaban J connectivity index is 2.59. The number of sulfone groups is 1. The van der Waals surface area contributed by atoms with Crippen molar-refractivity contribution in [2.75, 3.05) is 45.6 Å². The second kappa shape index (κ2) is 8.72. The Morgan fingerprint density at radius 3 is 2.64 bits per heavy atom. The summed E-state index contributed by atoms with van der Waals surface area (Å²) in [7, 11) is -1.30. The molecule has 0 spiro atoms. The van der Waals surface area contributed by atoms with Gasteiger partial charge in [-0.25, -0.2) is 8.42 Å². The molecule has 6 nitrogen and oxygen atoms in total. The first-order valence-corrected chi connectivity index (χ1v) is 9.74. The van der Waals surface area contributed by atoms with E-state index in [0.29, 0.717) is 13.1 Å². The highest BCUT2D eigenvalue weighted by molar-refractivity contribution is 7.92. The summed E-state index contributed by atoms with van der Waals surface area (Å²) in [5, 5.41) is 3.28. The molecule has 0 aromatic rings. The quantitative estimate of drug-likeness (QED) is 0.432. The van der Waals surface area contributed by atoms with Gasteiger partial charge in [-0.15, -0.1) is 0 Å². The summed E-state index contributed by atoms with van der Waals surface area (Å²) in [5.41, 5.74) is 0. The predicted molar refractivity (Wildman–Crippen MR) is 91.1 cm³/mol. The van der Waals surface area contributed by atoms with Gasteiger partial charge in [0.25, 0.3) is 0 Å². The van der Waals surface area contributed by atoms with Gasteiger partial charge >= 0.3 is 0 Å². The third kappa shape index (κ3) is 5.43. The van der Waals surface area contributed by atoms with E-state index in [-0.39, 0.29) is 5.75 Å². The van der Waals surface area contributed by atoms with Gasteiger partial charge in [0.1, 0.15) is 0 Å². The fourth-order valence-electron chi connectivity index (χ4n) is 2.47. The van der Waals surface area contributed by atoms with Crippen LogP contribution < -0.4 is 5.32 Å². The molecule has 1 aliphatic heterocycles. The largest absolute Gasteiger partial charge is 0.385 e. The molecule has 130 valence electrons. The van der Waals surface area contributed by atoms with Crippen molar-refractivity contribution >= 4 is 15.8 Å². The molecule has 0 amide bonds. The normalized spacial score (nSPS) is 20.9. The molecule has 0 aromatic heterocycles. The summed E-state index contributed by atoms with van der Waals surface area (Å²) >= 11 is 0. The van der Waals surface area contributed by atoms with Crippen LogP contribution in [0.4, 0.5) is 0 Å². The lowest BCUT2D eigenvalue weighted by molar-refractivity contribution is 0.192. The van der Waals surface area contributed by atoms with Gasteiger partial charge in [-0.1, -0.05) is 0 Å². The van der Waals surface area contributed by atoms with E-state index in [4.69, 9.17) is 4.74 Å². The zero-order valence-electron chi connectivity index (χ0n) is 14.4. The van der Waals surface area contributed by atoms with Crippen LogP contribution in [-0.4, -0.2) is 69.7 Å². The van der Waals surface area contributed by atoms with E-state index in [1.807, 2.05) is 6.92 Å². The molecule has 7 heteroatoms. The van der Waals surface area contributed by atoms with Crippen LogP contribution in [0.2, 0.25) is 0 Å². The van der Waals surface area contributed by atoms with Gasteiger partial charge in [0.15, 0.2) is 15.8 Å². The average Bonchev–Trinajstić information content (AvgIpc) is 2.44. The summed E-state index contributed by atoms with van der Waals surface area (Å²) < 4.78 is 28.5. The maximum Gasteiger partial charge on any atom is 0.193 e. The van der Waals surface area contributed by atoms with Crippen molar-refractivity contribution in [3.63, 3.8) is 0 Å². The fourth-order valence-corrected chi connectivity index (χ4v) is 3.84. The lowest BCUT2D eigenvalue weighted by Gasteiger charge is -2.39. The number of unbranched alkanes of at least 4 members (excludes halogenated alkanes) is 2. The molecule has 1 heterocycles. The van der Waals surface area contributed by atoms with Crippen LogP contribution in [0.5, 0.6) is 0 Å². The number of nitrogens with zero attached hydrogens (tertiary/aromatic N) is 2. The van der Waals surface area contributed by atoms with Gasteiger partial charge < -0.3 is 15.0 Å². The molecule has 0 saturated carbocycles. The van der Waals surface area contributed by atoms with Crippen LogP contribution in [-0.2, 0) is 14.6 Å². The number of hydrogen-bond acceptors (Lipinski definition) is 4. The van der Waals surface area contributed by atoms with Crippen LogP contribution in [0.1, 0.15) is 40.0 Å². The molecule has 0 aromatic carbocycles. The van der Waals surface area contributed by atoms with Gasteiger partial charge in [-0.05, 0) is 40.0 Å². The molecule has 0 atom stereocenters. The molecular weight excluding hydrogens is 302 g/mol. The van der Waals surface area contributed by atoms with Gasteiger partial charge in [0.05, 0.1) is 10.5 Å². The van der Waals surface area contributed by atoms with Crippen molar-refractivity contribution in [3.05, 3.63) is 0 Å². The van der Waals surface area contributed by atoms with Gasteiger partial charge in [-0.2, -0.15) is 0 Å². The average molecular weight is 333 g/mol. The lowest BCUT2D eigenvalue weighted by Crippen LogP contribution is -2.57. The van der Waals surface area contributed by atoms with E-state index in [1.165, 1.54) is 0 Å². The zero-order valence-corrected chi connectivity index (χ0v) is 15.2. The Kier molecular flexibility index (Phi) is 7.62. The second-order valence-electron chi connectivity index (χ2n) is 6.29. The third-order valence-electron chi connectivity index (χ3n) is 3.95. The number of ether oxygens (including phenoxy) is 1. The molecular formula is C15H31N3O3S. The highest BCUT2D eigenvalue weighted by Gasteiger charge is 2.40. The third-order valence-corrected chi connectivity index (χ3v) is 6.48. The van der Waals surface area contributed by atoms with Crippen molar-refractivity contribution in [1.29, 1.82) is 0 Å². The van der Waals surface area contributed by atoms with E-state index in [9.17, 15) is 8.42 Å². The van der Waals surface area contributed by atoms with Crippen LogP contribution in [0.3, 0.4) is 0 Å². The van der Waals surface area contributed by atoms with E-state index in [0.717, 1.165) is 44.9 Å².